The summed E-state index contributed by atoms with van der Waals surface area (Å²) < 4.78 is 6.30. The lowest BCUT2D eigenvalue weighted by Crippen LogP contribution is -2.40. The number of aliphatic imine (C=N–C) groups is 1. The lowest BCUT2D eigenvalue weighted by Gasteiger charge is -2.34. The first-order chi connectivity index (χ1) is 9.60. The zero-order chi connectivity index (χ0) is 13.8. The fraction of sp³-hybridized carbons (Fsp3) is 0.562. The Morgan fingerprint density at radius 3 is 2.75 bits per heavy atom. The van der Waals surface area contributed by atoms with Gasteiger partial charge in [0, 0.05) is 10.8 Å². The fourth-order valence-electron chi connectivity index (χ4n) is 3.23. The molecule has 2 fully saturated rings. The molecule has 3 atom stereocenters. The predicted octanol–water partition coefficient (Wildman–Crippen LogP) is 4.30. The van der Waals surface area contributed by atoms with Gasteiger partial charge in [-0.15, -0.1) is 11.8 Å². The van der Waals surface area contributed by atoms with Gasteiger partial charge in [-0.2, -0.15) is 0 Å². The summed E-state index contributed by atoms with van der Waals surface area (Å²) in [5.41, 5.74) is 1.04. The molecule has 0 aromatic heterocycles. The van der Waals surface area contributed by atoms with Gasteiger partial charge in [0.2, 0.25) is 0 Å². The Kier molecular flexibility index (Phi) is 2.99. The molecule has 0 radical (unpaired) electrons. The van der Waals surface area contributed by atoms with Crippen molar-refractivity contribution in [3.8, 4) is 0 Å². The van der Waals surface area contributed by atoms with E-state index in [9.17, 15) is 0 Å². The van der Waals surface area contributed by atoms with E-state index in [2.05, 4.69) is 44.2 Å². The summed E-state index contributed by atoms with van der Waals surface area (Å²) >= 11 is 3.85. The third kappa shape index (κ3) is 1.88. The van der Waals surface area contributed by atoms with E-state index in [1.165, 1.54) is 24.8 Å². The van der Waals surface area contributed by atoms with Crippen molar-refractivity contribution >= 4 is 28.6 Å². The van der Waals surface area contributed by atoms with Crippen molar-refractivity contribution in [2.45, 2.75) is 54.3 Å². The molecular weight excluding hydrogens is 286 g/mol. The molecule has 0 N–H and O–H groups in total. The van der Waals surface area contributed by atoms with Gasteiger partial charge in [0.25, 0.3) is 0 Å². The normalized spacial score (nSPS) is 38.2. The first-order valence-electron chi connectivity index (χ1n) is 7.30. The summed E-state index contributed by atoms with van der Waals surface area (Å²) in [6.45, 7) is 4.42. The lowest BCUT2D eigenvalue weighted by molar-refractivity contribution is 0.0123. The van der Waals surface area contributed by atoms with Crippen LogP contribution in [0.25, 0.3) is 0 Å². The van der Waals surface area contributed by atoms with Crippen LogP contribution in [0.3, 0.4) is 0 Å². The van der Waals surface area contributed by atoms with Crippen LogP contribution < -0.4 is 0 Å². The van der Waals surface area contributed by atoms with Gasteiger partial charge in [-0.25, -0.2) is 0 Å². The maximum absolute atomic E-state index is 6.51. The van der Waals surface area contributed by atoms with Gasteiger partial charge in [0.1, 0.15) is 10.6 Å². The van der Waals surface area contributed by atoms with Gasteiger partial charge in [0.15, 0.2) is 4.27 Å². The standard InChI is InChI=1S/C16H19NOS2/c1-15(2)16(18-12-9-6-10-13(12)19-16)20-14(17-15)11-7-4-3-5-8-11/h3-5,7-8,12-13H,6,9-10H2,1-2H3/t12-,13-,16+/m1/s1. The van der Waals surface area contributed by atoms with E-state index < -0.39 is 0 Å². The predicted molar refractivity (Wildman–Crippen MR) is 87.5 cm³/mol. The summed E-state index contributed by atoms with van der Waals surface area (Å²) in [7, 11) is 0. The molecule has 1 spiro atoms. The van der Waals surface area contributed by atoms with Crippen molar-refractivity contribution in [1.82, 2.24) is 0 Å². The van der Waals surface area contributed by atoms with Crippen LogP contribution in [0.4, 0.5) is 0 Å². The van der Waals surface area contributed by atoms with E-state index in [4.69, 9.17) is 9.73 Å². The number of hydrogen-bond donors (Lipinski definition) is 0. The highest BCUT2D eigenvalue weighted by Crippen LogP contribution is 2.63. The molecule has 2 nitrogen and oxygen atoms in total. The van der Waals surface area contributed by atoms with Gasteiger partial charge in [-0.1, -0.05) is 42.1 Å². The molecule has 0 bridgehead atoms. The summed E-state index contributed by atoms with van der Waals surface area (Å²) in [6.07, 6.45) is 4.28. The zero-order valence-electron chi connectivity index (χ0n) is 11.8. The molecule has 1 aromatic carbocycles. The van der Waals surface area contributed by atoms with Crippen molar-refractivity contribution in [2.24, 2.45) is 4.99 Å². The first kappa shape index (κ1) is 13.2. The monoisotopic (exact) mass is 305 g/mol. The molecular formula is C16H19NOS2. The number of ether oxygens (including phenoxy) is 1. The van der Waals surface area contributed by atoms with Crippen molar-refractivity contribution in [2.75, 3.05) is 0 Å². The molecule has 2 aliphatic heterocycles. The number of benzene rings is 1. The quantitative estimate of drug-likeness (QED) is 0.772. The number of rotatable bonds is 1. The number of fused-ring (bicyclic) bond motifs is 1. The zero-order valence-corrected chi connectivity index (χ0v) is 13.5. The largest absolute Gasteiger partial charge is 0.348 e. The van der Waals surface area contributed by atoms with E-state index in [0.29, 0.717) is 11.4 Å². The Labute approximate surface area is 128 Å². The van der Waals surface area contributed by atoms with Crippen LogP contribution in [0, 0.1) is 0 Å². The Hall–Kier alpha value is -0.450. The number of hydrogen-bond acceptors (Lipinski definition) is 4. The Morgan fingerprint density at radius 1 is 1.20 bits per heavy atom. The highest BCUT2D eigenvalue weighted by Gasteiger charge is 2.61. The first-order valence-corrected chi connectivity index (χ1v) is 8.99. The molecule has 2 heterocycles. The molecule has 1 aromatic rings. The van der Waals surface area contributed by atoms with E-state index in [-0.39, 0.29) is 9.80 Å². The van der Waals surface area contributed by atoms with Crippen LogP contribution in [0.15, 0.2) is 35.3 Å². The van der Waals surface area contributed by atoms with E-state index in [0.717, 1.165) is 5.04 Å². The van der Waals surface area contributed by atoms with Gasteiger partial charge >= 0.3 is 0 Å². The minimum absolute atomic E-state index is 0.169. The Bertz CT molecular complexity index is 543. The third-order valence-electron chi connectivity index (χ3n) is 4.39. The second-order valence-electron chi connectivity index (χ2n) is 6.24. The highest BCUT2D eigenvalue weighted by molar-refractivity contribution is 8.26. The third-order valence-corrected chi connectivity index (χ3v) is 8.06. The summed E-state index contributed by atoms with van der Waals surface area (Å²) in [5, 5.41) is 1.80. The van der Waals surface area contributed by atoms with Crippen LogP contribution in [0.5, 0.6) is 0 Å². The van der Waals surface area contributed by atoms with Crippen LogP contribution in [-0.4, -0.2) is 26.2 Å². The average molecular weight is 305 g/mol. The minimum atomic E-state index is -0.214. The molecule has 4 heteroatoms. The highest BCUT2D eigenvalue weighted by atomic mass is 32.2. The summed E-state index contributed by atoms with van der Waals surface area (Å²) in [6, 6.07) is 10.5. The van der Waals surface area contributed by atoms with Crippen molar-refractivity contribution in [3.63, 3.8) is 0 Å². The molecule has 1 saturated heterocycles. The van der Waals surface area contributed by atoms with E-state index in [1.807, 2.05) is 23.5 Å². The van der Waals surface area contributed by atoms with E-state index >= 15 is 0 Å². The smallest absolute Gasteiger partial charge is 0.191 e. The van der Waals surface area contributed by atoms with Gasteiger partial charge in [-0.05, 0) is 33.1 Å². The molecule has 106 valence electrons. The SMILES string of the molecule is CC1(C)N=C(c2ccccc2)S[C@]12O[C@@H]1CCC[C@H]1S2. The fourth-order valence-corrected chi connectivity index (χ4v) is 6.82. The van der Waals surface area contributed by atoms with Crippen LogP contribution >= 0.6 is 23.5 Å². The second-order valence-corrected chi connectivity index (χ2v) is 9.08. The van der Waals surface area contributed by atoms with Gasteiger partial charge in [0.05, 0.1) is 6.10 Å². The molecule has 0 amide bonds. The molecule has 0 unspecified atom stereocenters. The minimum Gasteiger partial charge on any atom is -0.348 e. The summed E-state index contributed by atoms with van der Waals surface area (Å²) in [4.78, 5) is 4.99. The number of thioether (sulfide) groups is 2. The molecule has 1 aliphatic carbocycles. The maximum Gasteiger partial charge on any atom is 0.191 e. The maximum atomic E-state index is 6.51. The molecule has 20 heavy (non-hydrogen) atoms. The van der Waals surface area contributed by atoms with Crippen molar-refractivity contribution in [1.29, 1.82) is 0 Å². The van der Waals surface area contributed by atoms with E-state index in [1.54, 1.807) is 0 Å². The van der Waals surface area contributed by atoms with Crippen molar-refractivity contribution in [3.05, 3.63) is 35.9 Å². The van der Waals surface area contributed by atoms with Crippen molar-refractivity contribution < 1.29 is 4.74 Å². The van der Waals surface area contributed by atoms with Gasteiger partial charge in [-0.3, -0.25) is 4.99 Å². The second kappa shape index (κ2) is 4.52. The molecule has 4 rings (SSSR count). The topological polar surface area (TPSA) is 21.6 Å². The molecule has 3 aliphatic rings. The van der Waals surface area contributed by atoms with Gasteiger partial charge < -0.3 is 4.74 Å². The lowest BCUT2D eigenvalue weighted by atomic mass is 10.1. The van der Waals surface area contributed by atoms with Crippen LogP contribution in [0.1, 0.15) is 38.7 Å². The summed E-state index contributed by atoms with van der Waals surface area (Å²) in [5.74, 6) is 0. The Balaban J connectivity index is 1.66. The van der Waals surface area contributed by atoms with Crippen LogP contribution in [-0.2, 0) is 4.74 Å². The Morgan fingerprint density at radius 2 is 2.00 bits per heavy atom. The van der Waals surface area contributed by atoms with Crippen LogP contribution in [0.2, 0.25) is 0 Å². The molecule has 1 saturated carbocycles. The number of nitrogens with zero attached hydrogens (tertiary/aromatic N) is 1. The average Bonchev–Trinajstić information content (AvgIpc) is 3.04.